The van der Waals surface area contributed by atoms with Crippen molar-refractivity contribution >= 4 is 21.4 Å². The van der Waals surface area contributed by atoms with Crippen molar-refractivity contribution in [3.05, 3.63) is 17.0 Å². The number of sulfonamides is 1. The lowest BCUT2D eigenvalue weighted by Gasteiger charge is -2.41. The predicted octanol–water partition coefficient (Wildman–Crippen LogP) is 2.37. The highest BCUT2D eigenvalue weighted by molar-refractivity contribution is 7.91. The molecule has 1 aliphatic carbocycles. The van der Waals surface area contributed by atoms with Crippen LogP contribution in [0.2, 0.25) is 0 Å². The molecule has 0 atom stereocenters. The van der Waals surface area contributed by atoms with Crippen LogP contribution in [-0.4, -0.2) is 28.6 Å². The van der Waals surface area contributed by atoms with Gasteiger partial charge < -0.3 is 5.32 Å². The quantitative estimate of drug-likeness (QED) is 0.774. The zero-order valence-electron chi connectivity index (χ0n) is 12.2. The molecular formula is C14H24N2O2S2. The van der Waals surface area contributed by atoms with E-state index < -0.39 is 10.0 Å². The molecule has 1 aromatic rings. The maximum Gasteiger partial charge on any atom is 0.250 e. The molecule has 114 valence electrons. The van der Waals surface area contributed by atoms with E-state index in [1.807, 2.05) is 13.1 Å². The highest BCUT2D eigenvalue weighted by Gasteiger charge is 2.36. The average Bonchev–Trinajstić information content (AvgIpc) is 2.85. The molecule has 0 radical (unpaired) electrons. The minimum absolute atomic E-state index is 0.208. The van der Waals surface area contributed by atoms with Crippen molar-refractivity contribution in [1.82, 2.24) is 10.0 Å². The molecule has 0 unspecified atom stereocenters. The van der Waals surface area contributed by atoms with Crippen molar-refractivity contribution in [3.8, 4) is 0 Å². The van der Waals surface area contributed by atoms with E-state index >= 15 is 0 Å². The molecule has 1 saturated carbocycles. The molecular weight excluding hydrogens is 292 g/mol. The van der Waals surface area contributed by atoms with E-state index in [0.29, 0.717) is 10.8 Å². The summed E-state index contributed by atoms with van der Waals surface area (Å²) in [4.78, 5) is 1.11. The SMILES string of the molecule is CCC1(CNS(=O)(=O)c2ccc(CCNC)s2)CCC1. The minimum atomic E-state index is -3.34. The van der Waals surface area contributed by atoms with Gasteiger partial charge in [0, 0.05) is 11.4 Å². The van der Waals surface area contributed by atoms with Crippen LogP contribution in [-0.2, 0) is 16.4 Å². The van der Waals surface area contributed by atoms with Crippen molar-refractivity contribution in [2.24, 2.45) is 5.41 Å². The van der Waals surface area contributed by atoms with Crippen LogP contribution in [0.15, 0.2) is 16.3 Å². The van der Waals surface area contributed by atoms with E-state index in [4.69, 9.17) is 0 Å². The van der Waals surface area contributed by atoms with Crippen molar-refractivity contribution < 1.29 is 8.42 Å². The molecule has 0 spiro atoms. The smallest absolute Gasteiger partial charge is 0.250 e. The molecule has 0 bridgehead atoms. The Bertz CT molecular complexity index is 528. The lowest BCUT2D eigenvalue weighted by atomic mass is 9.67. The first-order chi connectivity index (χ1) is 9.51. The fourth-order valence-corrected chi connectivity index (χ4v) is 5.09. The standard InChI is InChI=1S/C14H24N2O2S2/c1-3-14(8-4-9-14)11-16-20(17,18)13-6-5-12(19-13)7-10-15-2/h5-6,15-16H,3-4,7-11H2,1-2H3. The maximum absolute atomic E-state index is 12.3. The lowest BCUT2D eigenvalue weighted by Crippen LogP contribution is -2.41. The Balaban J connectivity index is 1.97. The summed E-state index contributed by atoms with van der Waals surface area (Å²) in [5.74, 6) is 0. The van der Waals surface area contributed by atoms with Gasteiger partial charge in [-0.05, 0) is 56.8 Å². The molecule has 0 aromatic carbocycles. The number of likely N-dealkylation sites (N-methyl/N-ethyl adjacent to an activating group) is 1. The molecule has 0 saturated heterocycles. The summed E-state index contributed by atoms with van der Waals surface area (Å²) in [6, 6.07) is 3.63. The summed E-state index contributed by atoms with van der Waals surface area (Å²) < 4.78 is 27.9. The first-order valence-electron chi connectivity index (χ1n) is 7.24. The second kappa shape index (κ2) is 6.56. The fourth-order valence-electron chi connectivity index (χ4n) is 2.54. The zero-order valence-corrected chi connectivity index (χ0v) is 13.9. The summed E-state index contributed by atoms with van der Waals surface area (Å²) >= 11 is 1.37. The van der Waals surface area contributed by atoms with Crippen LogP contribution in [0.5, 0.6) is 0 Å². The molecule has 1 heterocycles. The van der Waals surface area contributed by atoms with Gasteiger partial charge in [0.1, 0.15) is 4.21 Å². The molecule has 6 heteroatoms. The van der Waals surface area contributed by atoms with Crippen molar-refractivity contribution in [3.63, 3.8) is 0 Å². The van der Waals surface area contributed by atoms with Crippen LogP contribution in [0.3, 0.4) is 0 Å². The Kier molecular flexibility index (Phi) is 5.23. The van der Waals surface area contributed by atoms with Crippen LogP contribution in [0.4, 0.5) is 0 Å². The third-order valence-corrected chi connectivity index (χ3v) is 7.36. The van der Waals surface area contributed by atoms with E-state index in [9.17, 15) is 8.42 Å². The van der Waals surface area contributed by atoms with Gasteiger partial charge in [-0.1, -0.05) is 13.3 Å². The summed E-state index contributed by atoms with van der Waals surface area (Å²) in [6.07, 6.45) is 5.43. The topological polar surface area (TPSA) is 58.2 Å². The van der Waals surface area contributed by atoms with Crippen LogP contribution < -0.4 is 10.0 Å². The van der Waals surface area contributed by atoms with Gasteiger partial charge in [-0.3, -0.25) is 0 Å². The Labute approximate surface area is 126 Å². The van der Waals surface area contributed by atoms with Crippen LogP contribution >= 0.6 is 11.3 Å². The molecule has 20 heavy (non-hydrogen) atoms. The van der Waals surface area contributed by atoms with Crippen LogP contribution in [0, 0.1) is 5.41 Å². The molecule has 4 nitrogen and oxygen atoms in total. The summed E-state index contributed by atoms with van der Waals surface area (Å²) in [5.41, 5.74) is 0.208. The van der Waals surface area contributed by atoms with Crippen molar-refractivity contribution in [1.29, 1.82) is 0 Å². The van der Waals surface area contributed by atoms with Gasteiger partial charge in [-0.15, -0.1) is 11.3 Å². The normalized spacial score (nSPS) is 17.9. The zero-order chi connectivity index (χ0) is 14.6. The van der Waals surface area contributed by atoms with E-state index in [1.165, 1.54) is 17.8 Å². The Hall–Kier alpha value is -0.430. The molecule has 1 aromatic heterocycles. The molecule has 2 rings (SSSR count). The largest absolute Gasteiger partial charge is 0.319 e. The van der Waals surface area contributed by atoms with E-state index in [1.54, 1.807) is 6.07 Å². The van der Waals surface area contributed by atoms with Gasteiger partial charge in [0.05, 0.1) is 0 Å². The van der Waals surface area contributed by atoms with Gasteiger partial charge in [0.15, 0.2) is 0 Å². The molecule has 2 N–H and O–H groups in total. The number of rotatable bonds is 8. The second-order valence-electron chi connectivity index (χ2n) is 5.61. The third-order valence-electron chi connectivity index (χ3n) is 4.32. The summed E-state index contributed by atoms with van der Waals surface area (Å²) in [6.45, 7) is 3.59. The molecule has 0 amide bonds. The second-order valence-corrected chi connectivity index (χ2v) is 8.77. The van der Waals surface area contributed by atoms with Crippen molar-refractivity contribution in [2.45, 2.75) is 43.2 Å². The number of hydrogen-bond donors (Lipinski definition) is 2. The summed E-state index contributed by atoms with van der Waals surface area (Å²) in [7, 11) is -1.44. The predicted molar refractivity (Wildman–Crippen MR) is 83.7 cm³/mol. The number of thiophene rings is 1. The molecule has 1 aliphatic rings. The minimum Gasteiger partial charge on any atom is -0.319 e. The van der Waals surface area contributed by atoms with E-state index in [0.717, 1.165) is 37.1 Å². The van der Waals surface area contributed by atoms with Gasteiger partial charge in [-0.2, -0.15) is 0 Å². The maximum atomic E-state index is 12.3. The Morgan fingerprint density at radius 3 is 2.65 bits per heavy atom. The highest BCUT2D eigenvalue weighted by atomic mass is 32.2. The number of hydrogen-bond acceptors (Lipinski definition) is 4. The van der Waals surface area contributed by atoms with Gasteiger partial charge in [0.2, 0.25) is 10.0 Å². The first kappa shape index (κ1) is 15.9. The lowest BCUT2D eigenvalue weighted by molar-refractivity contribution is 0.133. The van der Waals surface area contributed by atoms with Gasteiger partial charge in [-0.25, -0.2) is 13.1 Å². The fraction of sp³-hybridized carbons (Fsp3) is 0.714. The van der Waals surface area contributed by atoms with Crippen molar-refractivity contribution in [2.75, 3.05) is 20.1 Å². The highest BCUT2D eigenvalue weighted by Crippen LogP contribution is 2.43. The third kappa shape index (κ3) is 3.61. The van der Waals surface area contributed by atoms with Gasteiger partial charge >= 0.3 is 0 Å². The summed E-state index contributed by atoms with van der Waals surface area (Å²) in [5, 5.41) is 3.07. The molecule has 0 aliphatic heterocycles. The monoisotopic (exact) mass is 316 g/mol. The Morgan fingerprint density at radius 1 is 1.35 bits per heavy atom. The average molecular weight is 316 g/mol. The van der Waals surface area contributed by atoms with E-state index in [-0.39, 0.29) is 5.41 Å². The Morgan fingerprint density at radius 2 is 2.10 bits per heavy atom. The van der Waals surface area contributed by atoms with Crippen LogP contribution in [0.1, 0.15) is 37.5 Å². The first-order valence-corrected chi connectivity index (χ1v) is 9.54. The van der Waals surface area contributed by atoms with Gasteiger partial charge in [0.25, 0.3) is 0 Å². The van der Waals surface area contributed by atoms with Crippen LogP contribution in [0.25, 0.3) is 0 Å². The number of nitrogens with one attached hydrogen (secondary N) is 2. The van der Waals surface area contributed by atoms with E-state index in [2.05, 4.69) is 17.0 Å². The molecule has 1 fully saturated rings.